The van der Waals surface area contributed by atoms with Crippen molar-refractivity contribution in [2.45, 2.75) is 6.54 Å². The molecule has 0 spiro atoms. The smallest absolute Gasteiger partial charge is 0.337 e. The maximum Gasteiger partial charge on any atom is 0.337 e. The van der Waals surface area contributed by atoms with Crippen LogP contribution < -0.4 is 5.32 Å². The summed E-state index contributed by atoms with van der Waals surface area (Å²) >= 11 is 19.0. The van der Waals surface area contributed by atoms with Crippen LogP contribution in [0.25, 0.3) is 0 Å². The molecular weight excluding hydrogens is 331 g/mol. The topological polar surface area (TPSA) is 62.2 Å². The average Bonchev–Trinajstić information content (AvgIpc) is 2.76. The van der Waals surface area contributed by atoms with Crippen LogP contribution in [0.15, 0.2) is 18.3 Å². The molecule has 0 unspecified atom stereocenters. The lowest BCUT2D eigenvalue weighted by Crippen LogP contribution is -2.02. The highest BCUT2D eigenvalue weighted by molar-refractivity contribution is 7.15. The fraction of sp³-hybridized carbons (Fsp3) is 0.0909. The number of benzene rings is 1. The quantitative estimate of drug-likeness (QED) is 0.867. The number of hydrogen-bond acceptors (Lipinski definition) is 4. The predicted octanol–water partition coefficient (Wildman–Crippen LogP) is 4.41. The van der Waals surface area contributed by atoms with Crippen LogP contribution >= 0.6 is 46.1 Å². The number of nitrogens with one attached hydrogen (secondary N) is 1. The van der Waals surface area contributed by atoms with Crippen molar-refractivity contribution >= 4 is 57.8 Å². The molecule has 4 nitrogen and oxygen atoms in total. The van der Waals surface area contributed by atoms with Crippen LogP contribution in [-0.2, 0) is 6.54 Å². The van der Waals surface area contributed by atoms with Gasteiger partial charge in [0.2, 0.25) is 0 Å². The number of carboxylic acids is 1. The van der Waals surface area contributed by atoms with Crippen LogP contribution in [0.4, 0.5) is 5.69 Å². The van der Waals surface area contributed by atoms with Crippen molar-refractivity contribution in [3.63, 3.8) is 0 Å². The van der Waals surface area contributed by atoms with Gasteiger partial charge in [-0.1, -0.05) is 34.8 Å². The molecule has 19 heavy (non-hydrogen) atoms. The SMILES string of the molecule is O=C(O)c1ccc(NCc2cnc(Cl)s2)c(Cl)c1Cl. The highest BCUT2D eigenvalue weighted by Crippen LogP contribution is 2.33. The zero-order valence-corrected chi connectivity index (χ0v) is 12.4. The van der Waals surface area contributed by atoms with Crippen molar-refractivity contribution in [2.24, 2.45) is 0 Å². The van der Waals surface area contributed by atoms with Gasteiger partial charge in [0.25, 0.3) is 0 Å². The van der Waals surface area contributed by atoms with E-state index in [1.165, 1.54) is 17.4 Å². The summed E-state index contributed by atoms with van der Waals surface area (Å²) in [5, 5.41) is 12.2. The Hall–Kier alpha value is -1.01. The maximum atomic E-state index is 10.9. The largest absolute Gasteiger partial charge is 0.478 e. The summed E-state index contributed by atoms with van der Waals surface area (Å²) in [6, 6.07) is 2.97. The fourth-order valence-corrected chi connectivity index (χ4v) is 2.79. The van der Waals surface area contributed by atoms with Gasteiger partial charge in [-0.15, -0.1) is 11.3 Å². The number of carbonyl (C=O) groups is 1. The molecule has 100 valence electrons. The second-order valence-corrected chi connectivity index (χ2v) is 5.98. The maximum absolute atomic E-state index is 10.9. The molecule has 0 amide bonds. The average molecular weight is 338 g/mol. The summed E-state index contributed by atoms with van der Waals surface area (Å²) in [6.07, 6.45) is 1.65. The Labute approximate surface area is 127 Å². The van der Waals surface area contributed by atoms with Gasteiger partial charge in [0.1, 0.15) is 0 Å². The summed E-state index contributed by atoms with van der Waals surface area (Å²) in [7, 11) is 0. The number of rotatable bonds is 4. The van der Waals surface area contributed by atoms with Gasteiger partial charge in [-0.05, 0) is 12.1 Å². The van der Waals surface area contributed by atoms with Crippen LogP contribution in [0.3, 0.4) is 0 Å². The van der Waals surface area contributed by atoms with E-state index < -0.39 is 5.97 Å². The van der Waals surface area contributed by atoms with E-state index in [0.717, 1.165) is 4.88 Å². The molecule has 2 rings (SSSR count). The van der Waals surface area contributed by atoms with Crippen LogP contribution in [-0.4, -0.2) is 16.1 Å². The summed E-state index contributed by atoms with van der Waals surface area (Å²) < 4.78 is 0.460. The molecule has 1 heterocycles. The highest BCUT2D eigenvalue weighted by atomic mass is 35.5. The van der Waals surface area contributed by atoms with Crippen LogP contribution in [0, 0.1) is 0 Å². The number of aromatic carboxylic acids is 1. The normalized spacial score (nSPS) is 10.5. The molecule has 0 radical (unpaired) electrons. The lowest BCUT2D eigenvalue weighted by Gasteiger charge is -2.09. The van der Waals surface area contributed by atoms with Crippen molar-refractivity contribution in [1.82, 2.24) is 4.98 Å². The lowest BCUT2D eigenvalue weighted by atomic mass is 10.2. The Morgan fingerprint density at radius 3 is 2.63 bits per heavy atom. The zero-order valence-electron chi connectivity index (χ0n) is 9.28. The molecule has 1 aromatic heterocycles. The molecule has 0 aliphatic carbocycles. The standard InChI is InChI=1S/C11H7Cl3N2O2S/c12-8-6(10(17)18)1-2-7(9(8)13)15-3-5-4-16-11(14)19-5/h1-2,4,15H,3H2,(H,17,18). The molecule has 0 aliphatic rings. The van der Waals surface area contributed by atoms with E-state index in [1.807, 2.05) is 0 Å². The molecule has 0 saturated carbocycles. The number of halogens is 3. The number of nitrogens with zero attached hydrogens (tertiary/aromatic N) is 1. The minimum Gasteiger partial charge on any atom is -0.478 e. The Bertz CT molecular complexity index is 630. The second-order valence-electron chi connectivity index (χ2n) is 3.53. The van der Waals surface area contributed by atoms with Gasteiger partial charge in [0.15, 0.2) is 4.47 Å². The molecule has 2 aromatic rings. The first kappa shape index (κ1) is 14.4. The van der Waals surface area contributed by atoms with Gasteiger partial charge < -0.3 is 10.4 Å². The van der Waals surface area contributed by atoms with Gasteiger partial charge in [-0.3, -0.25) is 0 Å². The Kier molecular flexibility index (Phi) is 4.52. The second kappa shape index (κ2) is 5.96. The number of hydrogen-bond donors (Lipinski definition) is 2. The highest BCUT2D eigenvalue weighted by Gasteiger charge is 2.14. The van der Waals surface area contributed by atoms with Crippen LogP contribution in [0.1, 0.15) is 15.2 Å². The Balaban J connectivity index is 2.17. The van der Waals surface area contributed by atoms with Gasteiger partial charge in [-0.25, -0.2) is 9.78 Å². The van der Waals surface area contributed by atoms with Gasteiger partial charge in [-0.2, -0.15) is 0 Å². The first-order valence-electron chi connectivity index (χ1n) is 5.04. The van der Waals surface area contributed by atoms with E-state index in [2.05, 4.69) is 10.3 Å². The van der Waals surface area contributed by atoms with Crippen LogP contribution in [0.5, 0.6) is 0 Å². The number of anilines is 1. The van der Waals surface area contributed by atoms with E-state index in [1.54, 1.807) is 12.3 Å². The third-order valence-electron chi connectivity index (χ3n) is 2.29. The lowest BCUT2D eigenvalue weighted by molar-refractivity contribution is 0.0697. The van der Waals surface area contributed by atoms with Crippen LogP contribution in [0.2, 0.25) is 14.5 Å². The van der Waals surface area contributed by atoms with E-state index in [0.29, 0.717) is 16.7 Å². The molecule has 0 fully saturated rings. The number of thiazole rings is 1. The van der Waals surface area contributed by atoms with Gasteiger partial charge in [0, 0.05) is 11.1 Å². The Morgan fingerprint density at radius 2 is 2.05 bits per heavy atom. The summed E-state index contributed by atoms with van der Waals surface area (Å²) in [4.78, 5) is 15.7. The molecule has 0 aliphatic heterocycles. The van der Waals surface area contributed by atoms with Crippen molar-refractivity contribution < 1.29 is 9.90 Å². The molecule has 2 N–H and O–H groups in total. The van der Waals surface area contributed by atoms with Gasteiger partial charge >= 0.3 is 5.97 Å². The molecule has 0 atom stereocenters. The van der Waals surface area contributed by atoms with E-state index in [-0.39, 0.29) is 15.6 Å². The van der Waals surface area contributed by atoms with E-state index >= 15 is 0 Å². The third kappa shape index (κ3) is 3.30. The zero-order chi connectivity index (χ0) is 14.0. The van der Waals surface area contributed by atoms with Gasteiger partial charge in [0.05, 0.1) is 27.8 Å². The molecular formula is C11H7Cl3N2O2S. The first-order valence-corrected chi connectivity index (χ1v) is 6.99. The van der Waals surface area contributed by atoms with Crippen molar-refractivity contribution in [2.75, 3.05) is 5.32 Å². The molecule has 0 saturated heterocycles. The minimum absolute atomic E-state index is 0.0153. The Morgan fingerprint density at radius 1 is 1.32 bits per heavy atom. The predicted molar refractivity (Wildman–Crippen MR) is 77.9 cm³/mol. The van der Waals surface area contributed by atoms with Crippen molar-refractivity contribution in [1.29, 1.82) is 0 Å². The fourth-order valence-electron chi connectivity index (χ4n) is 1.40. The number of aromatic nitrogens is 1. The van der Waals surface area contributed by atoms with E-state index in [9.17, 15) is 4.79 Å². The first-order chi connectivity index (χ1) is 8.99. The summed E-state index contributed by atoms with van der Waals surface area (Å²) in [5.74, 6) is -1.12. The third-order valence-corrected chi connectivity index (χ3v) is 4.29. The van der Waals surface area contributed by atoms with Crippen molar-refractivity contribution in [3.8, 4) is 0 Å². The summed E-state index contributed by atoms with van der Waals surface area (Å²) in [5.41, 5.74) is 0.527. The summed E-state index contributed by atoms with van der Waals surface area (Å²) in [6.45, 7) is 0.479. The number of carboxylic acid groups (broad SMARTS) is 1. The van der Waals surface area contributed by atoms with Crippen molar-refractivity contribution in [3.05, 3.63) is 43.3 Å². The monoisotopic (exact) mass is 336 g/mol. The molecule has 0 bridgehead atoms. The van der Waals surface area contributed by atoms with E-state index in [4.69, 9.17) is 39.9 Å². The molecule has 1 aromatic carbocycles. The minimum atomic E-state index is -1.12. The molecule has 8 heteroatoms.